The molecular weight excluding hydrogens is 464 g/mol. The lowest BCUT2D eigenvalue weighted by Gasteiger charge is -2.12. The lowest BCUT2D eigenvalue weighted by atomic mass is 10.2. The summed E-state index contributed by atoms with van der Waals surface area (Å²) >= 11 is 14.2. The van der Waals surface area contributed by atoms with Gasteiger partial charge < -0.3 is 9.67 Å². The number of nitrogens with zero attached hydrogens (tertiary/aromatic N) is 3. The Morgan fingerprint density at radius 1 is 1.29 bits per heavy atom. The van der Waals surface area contributed by atoms with Crippen molar-refractivity contribution >= 4 is 51.8 Å². The maximum Gasteiger partial charge on any atom is 0.355 e. The van der Waals surface area contributed by atoms with Gasteiger partial charge in [0.2, 0.25) is 0 Å². The van der Waals surface area contributed by atoms with Crippen LogP contribution in [0.4, 0.5) is 0 Å². The predicted octanol–water partition coefficient (Wildman–Crippen LogP) is 4.60. The molecule has 0 saturated heterocycles. The fourth-order valence-corrected chi connectivity index (χ4v) is 3.45. The van der Waals surface area contributed by atoms with Gasteiger partial charge in [0.05, 0.1) is 6.54 Å². The summed E-state index contributed by atoms with van der Waals surface area (Å²) in [7, 11) is 0. The minimum atomic E-state index is -1.06. The van der Waals surface area contributed by atoms with Crippen molar-refractivity contribution in [3.8, 4) is 11.4 Å². The van der Waals surface area contributed by atoms with E-state index >= 15 is 0 Å². The van der Waals surface area contributed by atoms with Crippen LogP contribution in [0.2, 0.25) is 10.0 Å². The monoisotopic (exact) mass is 473 g/mol. The number of pyridine rings is 1. The Balaban J connectivity index is 2.18. The molecule has 122 valence electrons. The van der Waals surface area contributed by atoms with E-state index < -0.39 is 5.97 Å². The van der Waals surface area contributed by atoms with Crippen LogP contribution in [0.25, 0.3) is 11.4 Å². The van der Waals surface area contributed by atoms with Crippen LogP contribution in [0, 0.1) is 3.70 Å². The van der Waals surface area contributed by atoms with Gasteiger partial charge in [-0.05, 0) is 58.5 Å². The van der Waals surface area contributed by atoms with E-state index in [9.17, 15) is 9.90 Å². The first-order valence-electron chi connectivity index (χ1n) is 6.81. The SMILES string of the molecule is O=C(O)c1c(I)nc(-c2cccnc2)n1Cc1cc(Cl)ccc1Cl. The number of hydrogen-bond acceptors (Lipinski definition) is 3. The van der Waals surface area contributed by atoms with Crippen molar-refractivity contribution in [3.63, 3.8) is 0 Å². The van der Waals surface area contributed by atoms with Crippen molar-refractivity contribution in [2.75, 3.05) is 0 Å². The highest BCUT2D eigenvalue weighted by Crippen LogP contribution is 2.27. The highest BCUT2D eigenvalue weighted by molar-refractivity contribution is 14.1. The summed E-state index contributed by atoms with van der Waals surface area (Å²) in [4.78, 5) is 20.2. The van der Waals surface area contributed by atoms with E-state index in [-0.39, 0.29) is 12.2 Å². The molecule has 5 nitrogen and oxygen atoms in total. The van der Waals surface area contributed by atoms with Gasteiger partial charge in [0, 0.05) is 28.0 Å². The molecule has 3 aromatic rings. The topological polar surface area (TPSA) is 68.0 Å². The average molecular weight is 474 g/mol. The standard InChI is InChI=1S/C16H10Cl2IN3O2/c17-11-3-4-12(18)10(6-11)8-22-13(16(23)24)14(19)21-15(22)9-2-1-5-20-7-9/h1-7H,8H2,(H,23,24). The number of halogens is 3. The molecule has 3 rings (SSSR count). The molecule has 2 heterocycles. The molecule has 0 fully saturated rings. The van der Waals surface area contributed by atoms with Gasteiger partial charge in [0.25, 0.3) is 0 Å². The third-order valence-electron chi connectivity index (χ3n) is 3.38. The Hall–Kier alpha value is -1.64. The van der Waals surface area contributed by atoms with E-state index in [4.69, 9.17) is 23.2 Å². The number of carbonyl (C=O) groups is 1. The minimum absolute atomic E-state index is 0.102. The second kappa shape index (κ2) is 7.08. The summed E-state index contributed by atoms with van der Waals surface area (Å²) in [5.41, 5.74) is 1.54. The molecule has 1 aromatic carbocycles. The molecule has 2 aromatic heterocycles. The normalized spacial score (nSPS) is 10.8. The third-order valence-corrected chi connectivity index (χ3v) is 4.74. The van der Waals surface area contributed by atoms with Crippen LogP contribution < -0.4 is 0 Å². The van der Waals surface area contributed by atoms with Crippen molar-refractivity contribution in [2.45, 2.75) is 6.54 Å². The molecule has 0 amide bonds. The highest BCUT2D eigenvalue weighted by Gasteiger charge is 2.23. The van der Waals surface area contributed by atoms with Crippen molar-refractivity contribution in [1.82, 2.24) is 14.5 Å². The zero-order valence-electron chi connectivity index (χ0n) is 12.1. The largest absolute Gasteiger partial charge is 0.476 e. The molecule has 0 unspecified atom stereocenters. The maximum absolute atomic E-state index is 11.7. The Labute approximate surface area is 161 Å². The Morgan fingerprint density at radius 2 is 2.08 bits per heavy atom. The van der Waals surface area contributed by atoms with Crippen molar-refractivity contribution in [2.24, 2.45) is 0 Å². The number of aromatic nitrogens is 3. The highest BCUT2D eigenvalue weighted by atomic mass is 127. The molecule has 0 bridgehead atoms. The van der Waals surface area contributed by atoms with Crippen LogP contribution in [0.5, 0.6) is 0 Å². The molecule has 8 heteroatoms. The molecule has 0 atom stereocenters. The predicted molar refractivity (Wildman–Crippen MR) is 101 cm³/mol. The molecule has 0 aliphatic heterocycles. The third kappa shape index (κ3) is 3.40. The lowest BCUT2D eigenvalue weighted by Crippen LogP contribution is -2.12. The second-order valence-electron chi connectivity index (χ2n) is 4.94. The zero-order valence-corrected chi connectivity index (χ0v) is 15.7. The van der Waals surface area contributed by atoms with Crippen molar-refractivity contribution in [3.05, 3.63) is 67.7 Å². The molecule has 24 heavy (non-hydrogen) atoms. The fraction of sp³-hybridized carbons (Fsp3) is 0.0625. The first-order valence-corrected chi connectivity index (χ1v) is 8.64. The molecule has 0 aliphatic rings. The lowest BCUT2D eigenvalue weighted by molar-refractivity contribution is 0.0684. The number of aromatic carboxylic acids is 1. The van der Waals surface area contributed by atoms with E-state index in [0.717, 1.165) is 5.56 Å². The van der Waals surface area contributed by atoms with Gasteiger partial charge in [-0.1, -0.05) is 23.2 Å². The van der Waals surface area contributed by atoms with E-state index in [2.05, 4.69) is 9.97 Å². The van der Waals surface area contributed by atoms with Gasteiger partial charge in [-0.25, -0.2) is 9.78 Å². The van der Waals surface area contributed by atoms with Crippen LogP contribution in [0.1, 0.15) is 16.1 Å². The first kappa shape index (κ1) is 17.2. The molecule has 1 N–H and O–H groups in total. The quantitative estimate of drug-likeness (QED) is 0.562. The summed E-state index contributed by atoms with van der Waals surface area (Å²) < 4.78 is 2.01. The van der Waals surface area contributed by atoms with E-state index in [1.165, 1.54) is 0 Å². The molecular formula is C16H10Cl2IN3O2. The zero-order chi connectivity index (χ0) is 17.3. The van der Waals surface area contributed by atoms with Gasteiger partial charge in [0.15, 0.2) is 5.69 Å². The number of hydrogen-bond donors (Lipinski definition) is 1. The van der Waals surface area contributed by atoms with E-state index in [1.54, 1.807) is 41.2 Å². The number of imidazole rings is 1. The maximum atomic E-state index is 11.7. The molecule has 0 spiro atoms. The van der Waals surface area contributed by atoms with Crippen LogP contribution in [-0.4, -0.2) is 25.6 Å². The van der Waals surface area contributed by atoms with Crippen LogP contribution in [-0.2, 0) is 6.54 Å². The van der Waals surface area contributed by atoms with Crippen molar-refractivity contribution < 1.29 is 9.90 Å². The Morgan fingerprint density at radius 3 is 2.75 bits per heavy atom. The summed E-state index contributed by atoms with van der Waals surface area (Å²) in [5, 5.41) is 10.6. The first-order chi connectivity index (χ1) is 11.5. The summed E-state index contributed by atoms with van der Waals surface area (Å²) in [5.74, 6) is -0.541. The molecule has 0 aliphatic carbocycles. The average Bonchev–Trinajstić information content (AvgIpc) is 2.88. The number of benzene rings is 1. The van der Waals surface area contributed by atoms with Crippen LogP contribution >= 0.6 is 45.8 Å². The summed E-state index contributed by atoms with van der Waals surface area (Å²) in [6.45, 7) is 0.237. The van der Waals surface area contributed by atoms with Crippen LogP contribution in [0.15, 0.2) is 42.7 Å². The number of carboxylic acid groups (broad SMARTS) is 1. The van der Waals surface area contributed by atoms with Gasteiger partial charge in [0.1, 0.15) is 9.53 Å². The number of rotatable bonds is 4. The van der Waals surface area contributed by atoms with E-state index in [0.29, 0.717) is 25.1 Å². The van der Waals surface area contributed by atoms with Gasteiger partial charge in [-0.2, -0.15) is 0 Å². The van der Waals surface area contributed by atoms with Gasteiger partial charge in [-0.3, -0.25) is 4.98 Å². The Kier molecular flexibility index (Phi) is 5.07. The smallest absolute Gasteiger partial charge is 0.355 e. The Bertz CT molecular complexity index is 913. The van der Waals surface area contributed by atoms with Gasteiger partial charge >= 0.3 is 5.97 Å². The molecule has 0 radical (unpaired) electrons. The second-order valence-corrected chi connectivity index (χ2v) is 6.81. The molecule has 0 saturated carbocycles. The number of carboxylic acids is 1. The van der Waals surface area contributed by atoms with E-state index in [1.807, 2.05) is 28.7 Å². The van der Waals surface area contributed by atoms with Crippen molar-refractivity contribution in [1.29, 1.82) is 0 Å². The van der Waals surface area contributed by atoms with Gasteiger partial charge in [-0.15, -0.1) is 0 Å². The fourth-order valence-electron chi connectivity index (χ4n) is 2.33. The van der Waals surface area contributed by atoms with Crippen LogP contribution in [0.3, 0.4) is 0 Å². The summed E-state index contributed by atoms with van der Waals surface area (Å²) in [6.07, 6.45) is 3.29. The summed E-state index contributed by atoms with van der Waals surface area (Å²) in [6, 6.07) is 8.69. The minimum Gasteiger partial charge on any atom is -0.476 e.